The standard InChI is InChI=1S/C10H7BrF3NO2/c1-15-7-3-2-5(11)4-6(7)9(17,8(15)16)10(12,13)14/h2-4,17H,1H3/t9-/m0/s1. The lowest BCUT2D eigenvalue weighted by atomic mass is 9.95. The number of alkyl halides is 3. The van der Waals surface area contributed by atoms with Crippen LogP contribution in [0.4, 0.5) is 18.9 Å². The fourth-order valence-corrected chi connectivity index (χ4v) is 2.19. The molecule has 0 saturated heterocycles. The van der Waals surface area contributed by atoms with Crippen molar-refractivity contribution in [3.63, 3.8) is 0 Å². The Bertz CT molecular complexity index is 503. The van der Waals surface area contributed by atoms with E-state index in [0.29, 0.717) is 4.47 Å². The van der Waals surface area contributed by atoms with Crippen molar-refractivity contribution in [1.29, 1.82) is 0 Å². The normalized spacial score (nSPS) is 24.1. The number of carbonyl (C=O) groups excluding carboxylic acids is 1. The first kappa shape index (κ1) is 12.4. The number of rotatable bonds is 0. The molecule has 0 aromatic heterocycles. The van der Waals surface area contributed by atoms with Crippen LogP contribution in [0.15, 0.2) is 22.7 Å². The van der Waals surface area contributed by atoms with Crippen LogP contribution in [0.1, 0.15) is 5.56 Å². The monoisotopic (exact) mass is 309 g/mol. The zero-order valence-corrected chi connectivity index (χ0v) is 10.1. The molecule has 1 aromatic rings. The highest BCUT2D eigenvalue weighted by Gasteiger charge is 2.66. The summed E-state index contributed by atoms with van der Waals surface area (Å²) >= 11 is 3.01. The highest BCUT2D eigenvalue weighted by atomic mass is 79.9. The lowest BCUT2D eigenvalue weighted by Crippen LogP contribution is -2.49. The average Bonchev–Trinajstić information content (AvgIpc) is 2.41. The Morgan fingerprint density at radius 3 is 2.53 bits per heavy atom. The molecule has 0 bridgehead atoms. The maximum absolute atomic E-state index is 12.9. The molecule has 0 radical (unpaired) electrons. The first-order valence-corrected chi connectivity index (χ1v) is 5.36. The molecule has 1 aliphatic heterocycles. The number of benzene rings is 1. The minimum absolute atomic E-state index is 0.0537. The predicted molar refractivity (Wildman–Crippen MR) is 57.5 cm³/mol. The molecule has 1 aliphatic rings. The van der Waals surface area contributed by atoms with Crippen molar-refractivity contribution in [3.8, 4) is 0 Å². The van der Waals surface area contributed by atoms with Crippen molar-refractivity contribution in [3.05, 3.63) is 28.2 Å². The van der Waals surface area contributed by atoms with Gasteiger partial charge in [-0.15, -0.1) is 0 Å². The summed E-state index contributed by atoms with van der Waals surface area (Å²) in [6.07, 6.45) is -5.05. The number of likely N-dealkylation sites (N-methyl/N-ethyl adjacent to an activating group) is 1. The second-order valence-corrected chi connectivity index (χ2v) is 4.65. The zero-order valence-electron chi connectivity index (χ0n) is 8.55. The van der Waals surface area contributed by atoms with E-state index in [1.54, 1.807) is 0 Å². The largest absolute Gasteiger partial charge is 0.430 e. The van der Waals surface area contributed by atoms with Crippen molar-refractivity contribution < 1.29 is 23.1 Å². The molecule has 3 nitrogen and oxygen atoms in total. The molecule has 0 spiro atoms. The smallest absolute Gasteiger partial charge is 0.368 e. The predicted octanol–water partition coefficient (Wildman–Crippen LogP) is 2.18. The van der Waals surface area contributed by atoms with Crippen LogP contribution >= 0.6 is 15.9 Å². The van der Waals surface area contributed by atoms with Crippen molar-refractivity contribution in [1.82, 2.24) is 0 Å². The van der Waals surface area contributed by atoms with Crippen molar-refractivity contribution >= 4 is 27.5 Å². The average molecular weight is 310 g/mol. The highest BCUT2D eigenvalue weighted by molar-refractivity contribution is 9.10. The van der Waals surface area contributed by atoms with Gasteiger partial charge >= 0.3 is 6.18 Å². The van der Waals surface area contributed by atoms with Crippen LogP contribution in [-0.4, -0.2) is 24.2 Å². The summed E-state index contributed by atoms with van der Waals surface area (Å²) in [5.41, 5.74) is -3.86. The fourth-order valence-electron chi connectivity index (χ4n) is 1.83. The van der Waals surface area contributed by atoms with Gasteiger partial charge in [0.1, 0.15) is 0 Å². The first-order valence-electron chi connectivity index (χ1n) is 4.57. The lowest BCUT2D eigenvalue weighted by molar-refractivity contribution is -0.253. The van der Waals surface area contributed by atoms with Crippen LogP contribution < -0.4 is 4.90 Å². The second-order valence-electron chi connectivity index (χ2n) is 3.73. The molecule has 1 aromatic carbocycles. The minimum Gasteiger partial charge on any atom is -0.368 e. The van der Waals surface area contributed by atoms with Gasteiger partial charge in [-0.1, -0.05) is 15.9 Å². The third-order valence-electron chi connectivity index (χ3n) is 2.73. The van der Waals surface area contributed by atoms with Crippen LogP contribution in [0.3, 0.4) is 0 Å². The molecule has 1 N–H and O–H groups in total. The maximum Gasteiger partial charge on any atom is 0.430 e. The summed E-state index contributed by atoms with van der Waals surface area (Å²) in [6.45, 7) is 0. The van der Waals surface area contributed by atoms with E-state index in [9.17, 15) is 23.1 Å². The molecule has 2 rings (SSSR count). The van der Waals surface area contributed by atoms with Gasteiger partial charge in [-0.2, -0.15) is 13.2 Å². The summed E-state index contributed by atoms with van der Waals surface area (Å²) in [6, 6.07) is 3.95. The Labute approximate surface area is 103 Å². The number of halogens is 4. The lowest BCUT2D eigenvalue weighted by Gasteiger charge is -2.24. The Morgan fingerprint density at radius 1 is 1.41 bits per heavy atom. The summed E-state index contributed by atoms with van der Waals surface area (Å²) in [5, 5.41) is 9.71. The van der Waals surface area contributed by atoms with Crippen molar-refractivity contribution in [2.24, 2.45) is 0 Å². The second kappa shape index (κ2) is 3.46. The van der Waals surface area contributed by atoms with Crippen molar-refractivity contribution in [2.45, 2.75) is 11.8 Å². The topological polar surface area (TPSA) is 40.5 Å². The number of amides is 1. The summed E-state index contributed by atoms with van der Waals surface area (Å²) in [4.78, 5) is 12.4. The van der Waals surface area contributed by atoms with E-state index in [0.717, 1.165) is 11.0 Å². The van der Waals surface area contributed by atoms with Gasteiger partial charge < -0.3 is 10.0 Å². The van der Waals surface area contributed by atoms with E-state index >= 15 is 0 Å². The molecule has 0 fully saturated rings. The molecule has 1 atom stereocenters. The van der Waals surface area contributed by atoms with Crippen LogP contribution in [0.5, 0.6) is 0 Å². The Kier molecular flexibility index (Phi) is 2.52. The van der Waals surface area contributed by atoms with Crippen molar-refractivity contribution in [2.75, 3.05) is 11.9 Å². The molecule has 1 heterocycles. The molecular formula is C10H7BrF3NO2. The minimum atomic E-state index is -5.05. The van der Waals surface area contributed by atoms with Crippen LogP contribution in [0, 0.1) is 0 Å². The van der Waals surface area contributed by atoms with Gasteiger partial charge in [-0.05, 0) is 18.2 Å². The van der Waals surface area contributed by atoms with Crippen LogP contribution in [-0.2, 0) is 10.4 Å². The molecule has 1 amide bonds. The maximum atomic E-state index is 12.9. The number of fused-ring (bicyclic) bond motifs is 1. The third-order valence-corrected chi connectivity index (χ3v) is 3.23. The van der Waals surface area contributed by atoms with Gasteiger partial charge in [0.25, 0.3) is 11.5 Å². The van der Waals surface area contributed by atoms with Crippen LogP contribution in [0.25, 0.3) is 0 Å². The molecule has 0 aliphatic carbocycles. The van der Waals surface area contributed by atoms with Crippen LogP contribution in [0.2, 0.25) is 0 Å². The number of hydrogen-bond donors (Lipinski definition) is 1. The quantitative estimate of drug-likeness (QED) is 0.798. The van der Waals surface area contributed by atoms with E-state index in [1.807, 2.05) is 0 Å². The summed E-state index contributed by atoms with van der Waals surface area (Å²) < 4.78 is 39.0. The van der Waals surface area contributed by atoms with E-state index < -0.39 is 23.2 Å². The Morgan fingerprint density at radius 2 is 2.00 bits per heavy atom. The van der Waals surface area contributed by atoms with Gasteiger partial charge in [0.05, 0.1) is 5.69 Å². The molecule has 0 unspecified atom stereocenters. The molecule has 17 heavy (non-hydrogen) atoms. The first-order chi connectivity index (χ1) is 7.69. The van der Waals surface area contributed by atoms with Gasteiger partial charge in [-0.3, -0.25) is 4.79 Å². The highest BCUT2D eigenvalue weighted by Crippen LogP contribution is 2.49. The summed E-state index contributed by atoms with van der Waals surface area (Å²) in [5.74, 6) is -1.39. The van der Waals surface area contributed by atoms with E-state index in [4.69, 9.17) is 0 Å². The summed E-state index contributed by atoms with van der Waals surface area (Å²) in [7, 11) is 1.19. The third kappa shape index (κ3) is 1.49. The Balaban J connectivity index is 2.74. The number of hydrogen-bond acceptors (Lipinski definition) is 2. The number of carbonyl (C=O) groups is 1. The van der Waals surface area contributed by atoms with E-state index in [2.05, 4.69) is 15.9 Å². The fraction of sp³-hybridized carbons (Fsp3) is 0.300. The molecule has 92 valence electrons. The Hall–Kier alpha value is -1.08. The van der Waals surface area contributed by atoms with E-state index in [-0.39, 0.29) is 5.69 Å². The van der Waals surface area contributed by atoms with E-state index in [1.165, 1.54) is 19.2 Å². The SMILES string of the molecule is CN1C(=O)[C@](O)(C(F)(F)F)c2cc(Br)ccc21. The van der Waals surface area contributed by atoms with Gasteiger partial charge in [0.2, 0.25) is 0 Å². The number of anilines is 1. The number of nitrogens with zero attached hydrogens (tertiary/aromatic N) is 1. The molecule has 7 heteroatoms. The van der Waals surface area contributed by atoms with Gasteiger partial charge in [0, 0.05) is 17.1 Å². The number of aliphatic hydroxyl groups is 1. The van der Waals surface area contributed by atoms with Gasteiger partial charge in [-0.25, -0.2) is 0 Å². The molecular weight excluding hydrogens is 303 g/mol. The van der Waals surface area contributed by atoms with Gasteiger partial charge in [0.15, 0.2) is 0 Å². The zero-order chi connectivity index (χ0) is 13.0. The molecule has 0 saturated carbocycles.